The summed E-state index contributed by atoms with van der Waals surface area (Å²) in [6.45, 7) is 5.29. The highest BCUT2D eigenvalue weighted by molar-refractivity contribution is 7.89. The maximum Gasteiger partial charge on any atom is 0.242 e. The van der Waals surface area contributed by atoms with Crippen LogP contribution in [-0.2, 0) is 10.0 Å². The Bertz CT molecular complexity index is 510. The zero-order valence-corrected chi connectivity index (χ0v) is 12.9. The number of benzene rings is 1. The van der Waals surface area contributed by atoms with Gasteiger partial charge in [-0.3, -0.25) is 0 Å². The first kappa shape index (κ1) is 16.4. The molecule has 19 heavy (non-hydrogen) atoms. The summed E-state index contributed by atoms with van der Waals surface area (Å²) in [5.74, 6) is 0.0440. The second-order valence-electron chi connectivity index (χ2n) is 4.68. The van der Waals surface area contributed by atoms with Crippen LogP contribution in [0.4, 0.5) is 0 Å². The molecular weight excluding hydrogens is 286 g/mol. The number of aryl methyl sites for hydroxylation is 1. The van der Waals surface area contributed by atoms with Crippen molar-refractivity contribution in [2.75, 3.05) is 6.61 Å². The summed E-state index contributed by atoms with van der Waals surface area (Å²) in [7, 11) is -3.73. The molecule has 0 saturated heterocycles. The maximum absolute atomic E-state index is 12.4. The van der Waals surface area contributed by atoms with Gasteiger partial charge >= 0.3 is 0 Å². The number of aliphatic hydroxyl groups excluding tert-OH is 1. The standard InChI is InChI=1S/C13H20ClNO3S/c1-4-9(2)12(8-16)15-19(17,18)13-10(3)6-5-7-11(13)14/h5-7,9,12,15-16H,4,8H2,1-3H3/t9-,12?/m0/s1. The van der Waals surface area contributed by atoms with Crippen LogP contribution in [-0.4, -0.2) is 26.2 Å². The van der Waals surface area contributed by atoms with E-state index in [1.54, 1.807) is 25.1 Å². The Hall–Kier alpha value is -0.620. The highest BCUT2D eigenvalue weighted by atomic mass is 35.5. The highest BCUT2D eigenvalue weighted by Crippen LogP contribution is 2.25. The Morgan fingerprint density at radius 3 is 2.53 bits per heavy atom. The predicted octanol–water partition coefficient (Wildman–Crippen LogP) is 2.33. The van der Waals surface area contributed by atoms with Crippen molar-refractivity contribution in [3.05, 3.63) is 28.8 Å². The molecule has 0 spiro atoms. The fourth-order valence-electron chi connectivity index (χ4n) is 1.83. The quantitative estimate of drug-likeness (QED) is 0.847. The van der Waals surface area contributed by atoms with Gasteiger partial charge in [0.1, 0.15) is 4.90 Å². The van der Waals surface area contributed by atoms with Crippen LogP contribution in [0.25, 0.3) is 0 Å². The van der Waals surface area contributed by atoms with Crippen LogP contribution in [0.5, 0.6) is 0 Å². The molecule has 1 aromatic rings. The third-order valence-corrected chi connectivity index (χ3v) is 5.39. The Balaban J connectivity index is 3.11. The van der Waals surface area contributed by atoms with Crippen LogP contribution in [0.15, 0.2) is 23.1 Å². The lowest BCUT2D eigenvalue weighted by atomic mass is 10.0. The normalized spacial score (nSPS) is 15.2. The number of rotatable bonds is 6. The predicted molar refractivity (Wildman–Crippen MR) is 76.8 cm³/mol. The van der Waals surface area contributed by atoms with Crippen LogP contribution in [0.3, 0.4) is 0 Å². The Kier molecular flexibility index (Phi) is 5.80. The van der Waals surface area contributed by atoms with Gasteiger partial charge in [0, 0.05) is 6.04 Å². The Morgan fingerprint density at radius 1 is 1.42 bits per heavy atom. The van der Waals surface area contributed by atoms with Gasteiger partial charge in [-0.15, -0.1) is 0 Å². The van der Waals surface area contributed by atoms with Gasteiger partial charge < -0.3 is 5.11 Å². The largest absolute Gasteiger partial charge is 0.395 e. The summed E-state index contributed by atoms with van der Waals surface area (Å²) >= 11 is 5.97. The van der Waals surface area contributed by atoms with E-state index in [2.05, 4.69) is 4.72 Å². The first-order valence-corrected chi connectivity index (χ1v) is 8.07. The lowest BCUT2D eigenvalue weighted by Gasteiger charge is -2.22. The second kappa shape index (κ2) is 6.70. The van der Waals surface area contributed by atoms with E-state index >= 15 is 0 Å². The third kappa shape index (κ3) is 3.92. The summed E-state index contributed by atoms with van der Waals surface area (Å²) in [5, 5.41) is 9.50. The SMILES string of the molecule is CC[C@H](C)C(CO)NS(=O)(=O)c1c(C)cccc1Cl. The van der Waals surface area contributed by atoms with E-state index < -0.39 is 16.1 Å². The summed E-state index contributed by atoms with van der Waals surface area (Å²) in [5.41, 5.74) is 0.584. The smallest absolute Gasteiger partial charge is 0.242 e. The minimum atomic E-state index is -3.73. The van der Waals surface area contributed by atoms with Gasteiger partial charge in [-0.2, -0.15) is 0 Å². The number of hydrogen-bond donors (Lipinski definition) is 2. The molecule has 108 valence electrons. The molecule has 0 radical (unpaired) electrons. The fourth-order valence-corrected chi connectivity index (χ4v) is 4.00. The maximum atomic E-state index is 12.4. The molecule has 0 fully saturated rings. The molecule has 0 bridgehead atoms. The van der Waals surface area contributed by atoms with Crippen molar-refractivity contribution in [1.29, 1.82) is 0 Å². The monoisotopic (exact) mass is 305 g/mol. The molecule has 0 aliphatic heterocycles. The number of halogens is 1. The molecule has 1 aromatic carbocycles. The van der Waals surface area contributed by atoms with E-state index in [-0.39, 0.29) is 22.4 Å². The van der Waals surface area contributed by atoms with E-state index in [1.165, 1.54) is 0 Å². The third-order valence-electron chi connectivity index (χ3n) is 3.27. The van der Waals surface area contributed by atoms with Gasteiger partial charge in [0.25, 0.3) is 0 Å². The second-order valence-corrected chi connectivity index (χ2v) is 6.74. The number of hydrogen-bond acceptors (Lipinski definition) is 3. The summed E-state index contributed by atoms with van der Waals surface area (Å²) in [6.07, 6.45) is 0.773. The molecule has 0 aliphatic rings. The molecule has 0 saturated carbocycles. The molecule has 0 aliphatic carbocycles. The van der Waals surface area contributed by atoms with Crippen molar-refractivity contribution in [2.24, 2.45) is 5.92 Å². The number of aliphatic hydroxyl groups is 1. The number of nitrogens with one attached hydrogen (secondary N) is 1. The van der Waals surface area contributed by atoms with Crippen molar-refractivity contribution < 1.29 is 13.5 Å². The molecule has 1 rings (SSSR count). The minimum absolute atomic E-state index is 0.0440. The summed E-state index contributed by atoms with van der Waals surface area (Å²) < 4.78 is 27.2. The molecule has 1 unspecified atom stereocenters. The first-order chi connectivity index (χ1) is 8.83. The fraction of sp³-hybridized carbons (Fsp3) is 0.538. The van der Waals surface area contributed by atoms with Gasteiger partial charge in [-0.05, 0) is 24.5 Å². The van der Waals surface area contributed by atoms with Gasteiger partial charge in [-0.25, -0.2) is 13.1 Å². The van der Waals surface area contributed by atoms with Crippen molar-refractivity contribution >= 4 is 21.6 Å². The lowest BCUT2D eigenvalue weighted by molar-refractivity contribution is 0.219. The lowest BCUT2D eigenvalue weighted by Crippen LogP contribution is -2.42. The average molecular weight is 306 g/mol. The van der Waals surface area contributed by atoms with Gasteiger partial charge in [0.2, 0.25) is 10.0 Å². The van der Waals surface area contributed by atoms with Crippen LogP contribution >= 0.6 is 11.6 Å². The molecule has 2 atom stereocenters. The van der Waals surface area contributed by atoms with Crippen molar-refractivity contribution in [1.82, 2.24) is 4.72 Å². The molecule has 6 heteroatoms. The first-order valence-electron chi connectivity index (χ1n) is 6.21. The van der Waals surface area contributed by atoms with Crippen LogP contribution in [0, 0.1) is 12.8 Å². The zero-order valence-electron chi connectivity index (χ0n) is 11.4. The molecule has 4 nitrogen and oxygen atoms in total. The van der Waals surface area contributed by atoms with Crippen LogP contribution < -0.4 is 4.72 Å². The van der Waals surface area contributed by atoms with Crippen molar-refractivity contribution in [2.45, 2.75) is 38.1 Å². The molecule has 2 N–H and O–H groups in total. The summed E-state index contributed by atoms with van der Waals surface area (Å²) in [4.78, 5) is 0.0819. The molecule has 0 heterocycles. The summed E-state index contributed by atoms with van der Waals surface area (Å²) in [6, 6.07) is 4.43. The van der Waals surface area contributed by atoms with Crippen LogP contribution in [0.1, 0.15) is 25.8 Å². The van der Waals surface area contributed by atoms with Crippen LogP contribution in [0.2, 0.25) is 5.02 Å². The minimum Gasteiger partial charge on any atom is -0.395 e. The van der Waals surface area contributed by atoms with Gasteiger partial charge in [0.05, 0.1) is 11.6 Å². The van der Waals surface area contributed by atoms with Gasteiger partial charge in [0.15, 0.2) is 0 Å². The molecule has 0 amide bonds. The zero-order chi connectivity index (χ0) is 14.6. The number of sulfonamides is 1. The van der Waals surface area contributed by atoms with Crippen molar-refractivity contribution in [3.63, 3.8) is 0 Å². The highest BCUT2D eigenvalue weighted by Gasteiger charge is 2.26. The average Bonchev–Trinajstić information content (AvgIpc) is 2.34. The van der Waals surface area contributed by atoms with E-state index in [0.29, 0.717) is 5.56 Å². The molecular formula is C13H20ClNO3S. The topological polar surface area (TPSA) is 66.4 Å². The van der Waals surface area contributed by atoms with E-state index in [4.69, 9.17) is 11.6 Å². The van der Waals surface area contributed by atoms with E-state index in [1.807, 2.05) is 13.8 Å². The van der Waals surface area contributed by atoms with E-state index in [9.17, 15) is 13.5 Å². The Morgan fingerprint density at radius 2 is 2.05 bits per heavy atom. The Labute approximate surface area is 119 Å². The van der Waals surface area contributed by atoms with Gasteiger partial charge in [-0.1, -0.05) is 44.0 Å². The van der Waals surface area contributed by atoms with E-state index in [0.717, 1.165) is 6.42 Å². The van der Waals surface area contributed by atoms with Crippen molar-refractivity contribution in [3.8, 4) is 0 Å². The molecule has 0 aromatic heterocycles.